The fourth-order valence-electron chi connectivity index (χ4n) is 3.94. The Morgan fingerprint density at radius 1 is 0.906 bits per heavy atom. The van der Waals surface area contributed by atoms with Crippen molar-refractivity contribution in [2.45, 2.75) is 51.6 Å². The van der Waals surface area contributed by atoms with Gasteiger partial charge < -0.3 is 20.5 Å². The molecule has 0 saturated heterocycles. The molecule has 1 aliphatic carbocycles. The molecule has 1 aliphatic rings. The fraction of sp³-hybridized carbons (Fsp3) is 0.400. The fourth-order valence-corrected chi connectivity index (χ4v) is 3.94. The van der Waals surface area contributed by atoms with Crippen LogP contribution in [0.5, 0.6) is 0 Å². The minimum Gasteiger partial charge on any atom is -0.480 e. The number of hydrogen-bond donors (Lipinski definition) is 3. The maximum Gasteiger partial charge on any atom is 0.407 e. The summed E-state index contributed by atoms with van der Waals surface area (Å²) in [5, 5.41) is 14.3. The maximum absolute atomic E-state index is 12.4. The summed E-state index contributed by atoms with van der Waals surface area (Å²) >= 11 is 0. The van der Waals surface area contributed by atoms with Gasteiger partial charge in [0.05, 0.1) is 0 Å². The number of benzene rings is 2. The number of fused-ring (bicyclic) bond motifs is 3. The van der Waals surface area contributed by atoms with Crippen LogP contribution in [0.25, 0.3) is 11.1 Å². The van der Waals surface area contributed by atoms with E-state index in [2.05, 4.69) is 22.8 Å². The van der Waals surface area contributed by atoms with E-state index in [1.54, 1.807) is 0 Å². The smallest absolute Gasteiger partial charge is 0.407 e. The van der Waals surface area contributed by atoms with Gasteiger partial charge in [-0.1, -0.05) is 62.4 Å². The van der Waals surface area contributed by atoms with Crippen molar-refractivity contribution in [3.05, 3.63) is 59.7 Å². The van der Waals surface area contributed by atoms with Crippen LogP contribution in [-0.2, 0) is 14.3 Å². The van der Waals surface area contributed by atoms with Gasteiger partial charge in [0, 0.05) is 5.92 Å². The summed E-state index contributed by atoms with van der Waals surface area (Å²) in [4.78, 5) is 36.1. The first-order valence-electron chi connectivity index (χ1n) is 10.9. The lowest BCUT2D eigenvalue weighted by Gasteiger charge is -2.20. The van der Waals surface area contributed by atoms with Crippen molar-refractivity contribution in [3.8, 4) is 11.1 Å². The Labute approximate surface area is 188 Å². The Morgan fingerprint density at radius 3 is 2.00 bits per heavy atom. The molecule has 0 bridgehead atoms. The number of carboxylic acid groups (broad SMARTS) is 1. The number of aliphatic carboxylic acids is 1. The van der Waals surface area contributed by atoms with Gasteiger partial charge in [-0.05, 0) is 47.9 Å². The Balaban J connectivity index is 1.56. The largest absolute Gasteiger partial charge is 0.480 e. The molecule has 2 aromatic carbocycles. The minimum absolute atomic E-state index is 0.0790. The first-order valence-corrected chi connectivity index (χ1v) is 10.9. The summed E-state index contributed by atoms with van der Waals surface area (Å²) in [6.07, 6.45) is 0.283. The number of nitrogens with one attached hydrogen (secondary N) is 2. The molecule has 32 heavy (non-hydrogen) atoms. The number of carboxylic acids is 1. The maximum atomic E-state index is 12.4. The number of carbonyl (C=O) groups is 3. The third-order valence-electron chi connectivity index (χ3n) is 5.72. The highest BCUT2D eigenvalue weighted by Crippen LogP contribution is 2.44. The van der Waals surface area contributed by atoms with Gasteiger partial charge in [0.25, 0.3) is 0 Å². The van der Waals surface area contributed by atoms with Crippen LogP contribution in [0.2, 0.25) is 0 Å². The van der Waals surface area contributed by atoms with Gasteiger partial charge in [-0.2, -0.15) is 0 Å². The molecule has 170 valence electrons. The molecular formula is C25H30N2O5. The van der Waals surface area contributed by atoms with Gasteiger partial charge in [-0.15, -0.1) is 0 Å². The second-order valence-corrected chi connectivity index (χ2v) is 8.56. The van der Waals surface area contributed by atoms with E-state index < -0.39 is 30.1 Å². The highest BCUT2D eigenvalue weighted by molar-refractivity contribution is 5.89. The third-order valence-corrected chi connectivity index (χ3v) is 5.72. The molecule has 7 heteroatoms. The van der Waals surface area contributed by atoms with Crippen molar-refractivity contribution in [2.24, 2.45) is 5.92 Å². The number of rotatable bonds is 9. The predicted octanol–water partition coefficient (Wildman–Crippen LogP) is 3.92. The van der Waals surface area contributed by atoms with Crippen molar-refractivity contribution in [3.63, 3.8) is 0 Å². The second-order valence-electron chi connectivity index (χ2n) is 8.56. The van der Waals surface area contributed by atoms with Crippen LogP contribution >= 0.6 is 0 Å². The molecule has 7 nitrogen and oxygen atoms in total. The average molecular weight is 439 g/mol. The van der Waals surface area contributed by atoms with Crippen LogP contribution in [0, 0.1) is 5.92 Å². The first-order chi connectivity index (χ1) is 15.3. The molecule has 2 unspecified atom stereocenters. The van der Waals surface area contributed by atoms with Gasteiger partial charge in [0.1, 0.15) is 18.7 Å². The monoisotopic (exact) mass is 438 g/mol. The van der Waals surface area contributed by atoms with Gasteiger partial charge in [0.2, 0.25) is 5.91 Å². The Morgan fingerprint density at radius 2 is 1.47 bits per heavy atom. The summed E-state index contributed by atoms with van der Waals surface area (Å²) in [5.74, 6) is -1.41. The first kappa shape index (κ1) is 23.3. The zero-order valence-electron chi connectivity index (χ0n) is 18.6. The molecular weight excluding hydrogens is 408 g/mol. The summed E-state index contributed by atoms with van der Waals surface area (Å²) in [6.45, 7) is 5.61. The van der Waals surface area contributed by atoms with Crippen molar-refractivity contribution < 1.29 is 24.2 Å². The molecule has 0 saturated carbocycles. The molecule has 3 N–H and O–H groups in total. The van der Waals surface area contributed by atoms with E-state index in [9.17, 15) is 19.5 Å². The molecule has 0 aromatic heterocycles. The SMILES string of the molecule is CC(C)CCC(NC(=O)C(C)NC(=O)OCC1c2ccccc2-c2ccccc21)C(=O)O. The number of ether oxygens (including phenoxy) is 1. The molecule has 2 atom stereocenters. The topological polar surface area (TPSA) is 105 Å². The van der Waals surface area contributed by atoms with Crippen LogP contribution < -0.4 is 10.6 Å². The second kappa shape index (κ2) is 10.3. The summed E-state index contributed by atoms with van der Waals surface area (Å²) in [6, 6.07) is 14.1. The van der Waals surface area contributed by atoms with Crippen LogP contribution in [0.3, 0.4) is 0 Å². The van der Waals surface area contributed by atoms with Crippen LogP contribution in [0.1, 0.15) is 50.7 Å². The Hall–Kier alpha value is -3.35. The lowest BCUT2D eigenvalue weighted by molar-refractivity contribution is -0.142. The van der Waals surface area contributed by atoms with E-state index in [4.69, 9.17) is 4.74 Å². The molecule has 0 aliphatic heterocycles. The number of alkyl carbamates (subject to hydrolysis) is 1. The lowest BCUT2D eigenvalue weighted by Crippen LogP contribution is -2.50. The zero-order chi connectivity index (χ0) is 23.3. The van der Waals surface area contributed by atoms with E-state index in [1.165, 1.54) is 6.92 Å². The number of amides is 2. The van der Waals surface area contributed by atoms with Crippen molar-refractivity contribution in [1.82, 2.24) is 10.6 Å². The van der Waals surface area contributed by atoms with E-state index in [1.807, 2.05) is 50.2 Å². The minimum atomic E-state index is -1.09. The molecule has 0 fully saturated rings. The molecule has 0 radical (unpaired) electrons. The predicted molar refractivity (Wildman–Crippen MR) is 121 cm³/mol. The van der Waals surface area contributed by atoms with Gasteiger partial charge in [-0.3, -0.25) is 4.79 Å². The average Bonchev–Trinajstić information content (AvgIpc) is 3.08. The van der Waals surface area contributed by atoms with Crippen molar-refractivity contribution >= 4 is 18.0 Å². The van der Waals surface area contributed by atoms with Gasteiger partial charge in [0.15, 0.2) is 0 Å². The molecule has 0 heterocycles. The highest BCUT2D eigenvalue weighted by Gasteiger charge is 2.29. The number of hydrogen-bond acceptors (Lipinski definition) is 4. The molecule has 3 rings (SSSR count). The van der Waals surface area contributed by atoms with Crippen LogP contribution in [-0.4, -0.2) is 41.8 Å². The standard InChI is InChI=1S/C25H30N2O5/c1-15(2)12-13-22(24(29)30)27-23(28)16(3)26-25(31)32-14-21-19-10-6-4-8-17(19)18-9-5-7-11-20(18)21/h4-11,15-16,21-22H,12-14H2,1-3H3,(H,26,31)(H,27,28)(H,29,30). The lowest BCUT2D eigenvalue weighted by atomic mass is 9.98. The van der Waals surface area contributed by atoms with Crippen LogP contribution in [0.15, 0.2) is 48.5 Å². The quantitative estimate of drug-likeness (QED) is 0.550. The van der Waals surface area contributed by atoms with Gasteiger partial charge in [-0.25, -0.2) is 9.59 Å². The molecule has 2 aromatic rings. The van der Waals surface area contributed by atoms with E-state index >= 15 is 0 Å². The van der Waals surface area contributed by atoms with Crippen molar-refractivity contribution in [2.75, 3.05) is 6.61 Å². The Bertz CT molecular complexity index is 942. The highest BCUT2D eigenvalue weighted by atomic mass is 16.5. The summed E-state index contributed by atoms with van der Waals surface area (Å²) in [7, 11) is 0. The van der Waals surface area contributed by atoms with E-state index in [0.29, 0.717) is 18.8 Å². The zero-order valence-corrected chi connectivity index (χ0v) is 18.6. The van der Waals surface area contributed by atoms with Crippen LogP contribution in [0.4, 0.5) is 4.79 Å². The molecule has 2 amide bonds. The summed E-state index contributed by atoms with van der Waals surface area (Å²) in [5.41, 5.74) is 4.46. The van der Waals surface area contributed by atoms with Crippen molar-refractivity contribution in [1.29, 1.82) is 0 Å². The van der Waals surface area contributed by atoms with E-state index in [0.717, 1.165) is 22.3 Å². The normalized spacial score (nSPS) is 14.2. The van der Waals surface area contributed by atoms with E-state index in [-0.39, 0.29) is 12.5 Å². The third kappa shape index (κ3) is 5.46. The number of carbonyl (C=O) groups excluding carboxylic acids is 2. The summed E-state index contributed by atoms with van der Waals surface area (Å²) < 4.78 is 5.45. The van der Waals surface area contributed by atoms with Gasteiger partial charge >= 0.3 is 12.1 Å². The molecule has 0 spiro atoms. The Kier molecular flexibility index (Phi) is 7.51.